The van der Waals surface area contributed by atoms with Gasteiger partial charge in [-0.05, 0) is 27.7 Å². The monoisotopic (exact) mass is 246 g/mol. The van der Waals surface area contributed by atoms with Gasteiger partial charge in [-0.3, -0.25) is 4.79 Å². The number of hydrogen-bond acceptors (Lipinski definition) is 6. The van der Waals surface area contributed by atoms with Crippen LogP contribution in [0.4, 0.5) is 4.79 Å². The average molecular weight is 246 g/mol. The summed E-state index contributed by atoms with van der Waals surface area (Å²) in [6.07, 6.45) is -2.49. The molecule has 0 bridgehead atoms. The fraction of sp³-hybridized carbons (Fsp3) is 0.727. The Hall–Kier alpha value is -1.59. The summed E-state index contributed by atoms with van der Waals surface area (Å²) in [6.45, 7) is 6.26. The zero-order valence-corrected chi connectivity index (χ0v) is 10.7. The van der Waals surface area contributed by atoms with Crippen LogP contribution in [0.1, 0.15) is 34.1 Å². The number of methoxy groups -OCH3 is 1. The van der Waals surface area contributed by atoms with Crippen molar-refractivity contribution in [3.8, 4) is 0 Å². The van der Waals surface area contributed by atoms with E-state index in [1.165, 1.54) is 6.92 Å². The van der Waals surface area contributed by atoms with E-state index in [9.17, 15) is 14.4 Å². The van der Waals surface area contributed by atoms with E-state index in [2.05, 4.69) is 4.74 Å². The minimum Gasteiger partial charge on any atom is -0.466 e. The zero-order chi connectivity index (χ0) is 13.6. The first-order chi connectivity index (χ1) is 7.65. The molecule has 0 N–H and O–H groups in total. The molecule has 98 valence electrons. The number of carbonyl (C=O) groups excluding carboxylic acids is 3. The van der Waals surface area contributed by atoms with E-state index in [1.807, 2.05) is 0 Å². The first-order valence-electron chi connectivity index (χ1n) is 5.12. The molecule has 0 aliphatic carbocycles. The Morgan fingerprint density at radius 3 is 2.06 bits per heavy atom. The highest BCUT2D eigenvalue weighted by Gasteiger charge is 2.28. The molecule has 0 saturated heterocycles. The van der Waals surface area contributed by atoms with Crippen molar-refractivity contribution in [1.82, 2.24) is 0 Å². The van der Waals surface area contributed by atoms with Crippen molar-refractivity contribution in [2.24, 2.45) is 0 Å². The van der Waals surface area contributed by atoms with Gasteiger partial charge in [0.2, 0.25) is 6.10 Å². The Morgan fingerprint density at radius 2 is 1.71 bits per heavy atom. The van der Waals surface area contributed by atoms with Gasteiger partial charge in [0.15, 0.2) is 0 Å². The molecule has 0 radical (unpaired) electrons. The molecule has 0 rings (SSSR count). The molecule has 0 spiro atoms. The van der Waals surface area contributed by atoms with E-state index < -0.39 is 23.8 Å². The molecule has 0 aliphatic rings. The highest BCUT2D eigenvalue weighted by molar-refractivity contribution is 5.85. The predicted octanol–water partition coefficient (Wildman–Crippen LogP) is 1.46. The summed E-state index contributed by atoms with van der Waals surface area (Å²) in [5, 5.41) is 0. The molecule has 0 aromatic heterocycles. The van der Waals surface area contributed by atoms with Gasteiger partial charge in [0.1, 0.15) is 11.4 Å². The molecule has 6 nitrogen and oxygen atoms in total. The van der Waals surface area contributed by atoms with E-state index >= 15 is 0 Å². The Kier molecular flexibility index (Phi) is 5.64. The van der Waals surface area contributed by atoms with E-state index in [1.54, 1.807) is 20.8 Å². The van der Waals surface area contributed by atoms with Gasteiger partial charge in [0.05, 0.1) is 13.5 Å². The zero-order valence-electron chi connectivity index (χ0n) is 10.7. The SMILES string of the molecule is COC(=O)[C@H](CC(C)=O)OC(=O)OC(C)(C)C. The van der Waals surface area contributed by atoms with Crippen LogP contribution in [-0.4, -0.2) is 36.7 Å². The van der Waals surface area contributed by atoms with Gasteiger partial charge in [-0.15, -0.1) is 0 Å². The smallest absolute Gasteiger partial charge is 0.466 e. The van der Waals surface area contributed by atoms with E-state index in [-0.39, 0.29) is 12.2 Å². The molecule has 0 aromatic carbocycles. The van der Waals surface area contributed by atoms with Gasteiger partial charge in [-0.1, -0.05) is 0 Å². The average Bonchev–Trinajstić information content (AvgIpc) is 2.11. The highest BCUT2D eigenvalue weighted by atomic mass is 16.7. The summed E-state index contributed by atoms with van der Waals surface area (Å²) in [6, 6.07) is 0. The lowest BCUT2D eigenvalue weighted by Gasteiger charge is -2.21. The fourth-order valence-corrected chi connectivity index (χ4v) is 0.956. The van der Waals surface area contributed by atoms with Crippen molar-refractivity contribution in [3.05, 3.63) is 0 Å². The topological polar surface area (TPSA) is 78.9 Å². The second kappa shape index (κ2) is 6.22. The summed E-state index contributed by atoms with van der Waals surface area (Å²) >= 11 is 0. The van der Waals surface area contributed by atoms with Crippen molar-refractivity contribution in [1.29, 1.82) is 0 Å². The number of Topliss-reactive ketones (excluding diaryl/α,β-unsaturated/α-hetero) is 1. The van der Waals surface area contributed by atoms with Gasteiger partial charge in [0, 0.05) is 0 Å². The number of ether oxygens (including phenoxy) is 3. The van der Waals surface area contributed by atoms with Crippen molar-refractivity contribution in [2.45, 2.75) is 45.8 Å². The minimum atomic E-state index is -1.26. The van der Waals surface area contributed by atoms with Crippen molar-refractivity contribution < 1.29 is 28.6 Å². The van der Waals surface area contributed by atoms with Crippen LogP contribution in [0, 0.1) is 0 Å². The quantitative estimate of drug-likeness (QED) is 0.699. The van der Waals surface area contributed by atoms with Crippen LogP contribution in [0.25, 0.3) is 0 Å². The standard InChI is InChI=1S/C11H18O6/c1-7(12)6-8(9(13)15-5)16-10(14)17-11(2,3)4/h8H,6H2,1-5H3/t8-/m0/s1. The van der Waals surface area contributed by atoms with Crippen LogP contribution >= 0.6 is 0 Å². The fourth-order valence-electron chi connectivity index (χ4n) is 0.956. The molecule has 1 atom stereocenters. The van der Waals surface area contributed by atoms with Gasteiger partial charge in [-0.2, -0.15) is 0 Å². The lowest BCUT2D eigenvalue weighted by Crippen LogP contribution is -2.33. The van der Waals surface area contributed by atoms with E-state index in [4.69, 9.17) is 9.47 Å². The second-order valence-electron chi connectivity index (χ2n) is 4.50. The maximum absolute atomic E-state index is 11.3. The van der Waals surface area contributed by atoms with Crippen LogP contribution in [0.3, 0.4) is 0 Å². The van der Waals surface area contributed by atoms with Crippen molar-refractivity contribution >= 4 is 17.9 Å². The number of ketones is 1. The van der Waals surface area contributed by atoms with Crippen LogP contribution in [0.15, 0.2) is 0 Å². The summed E-state index contributed by atoms with van der Waals surface area (Å²) < 4.78 is 14.0. The summed E-state index contributed by atoms with van der Waals surface area (Å²) in [5.74, 6) is -1.07. The third-order valence-corrected chi connectivity index (χ3v) is 1.56. The minimum absolute atomic E-state index is 0.230. The predicted molar refractivity (Wildman–Crippen MR) is 58.4 cm³/mol. The Bertz CT molecular complexity index is 302. The lowest BCUT2D eigenvalue weighted by molar-refractivity contribution is -0.154. The lowest BCUT2D eigenvalue weighted by atomic mass is 10.2. The third kappa shape index (κ3) is 7.32. The Morgan fingerprint density at radius 1 is 1.18 bits per heavy atom. The summed E-state index contributed by atoms with van der Waals surface area (Å²) in [4.78, 5) is 33.5. The second-order valence-corrected chi connectivity index (χ2v) is 4.50. The molecule has 0 aromatic rings. The molecular weight excluding hydrogens is 228 g/mol. The maximum Gasteiger partial charge on any atom is 0.509 e. The molecule has 17 heavy (non-hydrogen) atoms. The molecule has 0 aliphatic heterocycles. The molecule has 0 heterocycles. The molecule has 0 saturated carbocycles. The van der Waals surface area contributed by atoms with E-state index in [0.29, 0.717) is 0 Å². The van der Waals surface area contributed by atoms with Crippen molar-refractivity contribution in [3.63, 3.8) is 0 Å². The van der Waals surface area contributed by atoms with Crippen LogP contribution in [0.2, 0.25) is 0 Å². The summed E-state index contributed by atoms with van der Waals surface area (Å²) in [5.41, 5.74) is -0.728. The Balaban J connectivity index is 4.48. The third-order valence-electron chi connectivity index (χ3n) is 1.56. The van der Waals surface area contributed by atoms with Crippen LogP contribution in [-0.2, 0) is 23.8 Å². The normalized spacial score (nSPS) is 12.5. The van der Waals surface area contributed by atoms with Gasteiger partial charge in [0.25, 0.3) is 0 Å². The number of hydrogen-bond donors (Lipinski definition) is 0. The van der Waals surface area contributed by atoms with Gasteiger partial charge < -0.3 is 14.2 Å². The largest absolute Gasteiger partial charge is 0.509 e. The number of carbonyl (C=O) groups is 3. The van der Waals surface area contributed by atoms with Crippen LogP contribution < -0.4 is 0 Å². The molecule has 0 fully saturated rings. The molecule has 0 amide bonds. The molecule has 0 unspecified atom stereocenters. The maximum atomic E-state index is 11.3. The van der Waals surface area contributed by atoms with Gasteiger partial charge in [-0.25, -0.2) is 9.59 Å². The number of esters is 1. The van der Waals surface area contributed by atoms with Gasteiger partial charge >= 0.3 is 12.1 Å². The first kappa shape index (κ1) is 15.4. The number of rotatable bonds is 4. The van der Waals surface area contributed by atoms with Crippen LogP contribution in [0.5, 0.6) is 0 Å². The Labute approximate surface area is 100 Å². The first-order valence-corrected chi connectivity index (χ1v) is 5.12. The van der Waals surface area contributed by atoms with Crippen molar-refractivity contribution in [2.75, 3.05) is 7.11 Å². The highest BCUT2D eigenvalue weighted by Crippen LogP contribution is 2.11. The molecule has 6 heteroatoms. The summed E-state index contributed by atoms with van der Waals surface area (Å²) in [7, 11) is 1.15. The van der Waals surface area contributed by atoms with E-state index in [0.717, 1.165) is 7.11 Å². The molecular formula is C11H18O6.